The van der Waals surface area contributed by atoms with Gasteiger partial charge in [0.1, 0.15) is 5.60 Å². The number of rotatable bonds is 9. The van der Waals surface area contributed by atoms with Crippen molar-refractivity contribution in [3.8, 4) is 0 Å². The fourth-order valence-electron chi connectivity index (χ4n) is 2.80. The number of carbonyl (C=O) groups is 1. The van der Waals surface area contributed by atoms with Gasteiger partial charge in [-0.1, -0.05) is 43.2 Å². The topological polar surface area (TPSA) is 67.2 Å². The number of hydrogen-bond acceptors (Lipinski definition) is 3. The molecule has 2 N–H and O–H groups in total. The van der Waals surface area contributed by atoms with Gasteiger partial charge in [-0.15, -0.1) is 0 Å². The summed E-state index contributed by atoms with van der Waals surface area (Å²) in [6.07, 6.45) is 7.79. The minimum Gasteiger partial charge on any atom is -0.380 e. The third-order valence-corrected chi connectivity index (χ3v) is 4.41. The van der Waals surface area contributed by atoms with Crippen LogP contribution in [0.2, 0.25) is 0 Å². The summed E-state index contributed by atoms with van der Waals surface area (Å²) in [7, 11) is 0. The Morgan fingerprint density at radius 2 is 1.96 bits per heavy atom. The summed E-state index contributed by atoms with van der Waals surface area (Å²) in [5.74, 6) is 0.0769. The summed E-state index contributed by atoms with van der Waals surface area (Å²) in [5.41, 5.74) is -0.0620. The van der Waals surface area contributed by atoms with E-state index in [4.69, 9.17) is 0 Å². The van der Waals surface area contributed by atoms with E-state index >= 15 is 0 Å². The molecule has 1 aromatic heterocycles. The first kappa shape index (κ1) is 19.2. The van der Waals surface area contributed by atoms with E-state index in [2.05, 4.69) is 22.4 Å². The molecule has 0 aliphatic heterocycles. The molecule has 5 nitrogen and oxygen atoms in total. The van der Waals surface area contributed by atoms with E-state index in [-0.39, 0.29) is 6.04 Å². The normalized spacial score (nSPS) is 13.6. The Balaban J connectivity index is 1.76. The van der Waals surface area contributed by atoms with Crippen LogP contribution in [-0.4, -0.2) is 26.2 Å². The predicted octanol–water partition coefficient (Wildman–Crippen LogP) is 3.96. The van der Waals surface area contributed by atoms with Crippen LogP contribution in [0.4, 0.5) is 5.95 Å². The van der Waals surface area contributed by atoms with E-state index in [1.165, 1.54) is 5.56 Å². The summed E-state index contributed by atoms with van der Waals surface area (Å²) < 4.78 is 1.87. The number of aliphatic hydroxyl groups is 1. The van der Waals surface area contributed by atoms with Crippen LogP contribution in [0.5, 0.6) is 0 Å². The highest BCUT2D eigenvalue weighted by atomic mass is 16.3. The lowest BCUT2D eigenvalue weighted by atomic mass is 9.96. The second-order valence-corrected chi connectivity index (χ2v) is 7.03. The number of imidazole rings is 1. The van der Waals surface area contributed by atoms with Gasteiger partial charge in [0.15, 0.2) is 0 Å². The molecule has 136 valence electrons. The number of unbranched alkanes of at least 4 members (excludes halogenated alkanes) is 2. The van der Waals surface area contributed by atoms with E-state index in [0.29, 0.717) is 12.4 Å². The Labute approximate surface area is 150 Å². The average Bonchev–Trinajstić information content (AvgIpc) is 3.04. The molecule has 0 saturated heterocycles. The molecule has 1 unspecified atom stereocenters. The van der Waals surface area contributed by atoms with E-state index in [1.54, 1.807) is 13.1 Å². The van der Waals surface area contributed by atoms with Crippen LogP contribution in [0.3, 0.4) is 0 Å². The van der Waals surface area contributed by atoms with Gasteiger partial charge in [-0.3, -0.25) is 10.1 Å². The largest absolute Gasteiger partial charge is 0.380 e. The second kappa shape index (κ2) is 8.81. The fraction of sp³-hybridized carbons (Fsp3) is 0.500. The molecule has 1 aromatic carbocycles. The van der Waals surface area contributed by atoms with E-state index in [1.807, 2.05) is 42.8 Å². The number of nitrogens with one attached hydrogen (secondary N) is 1. The first-order chi connectivity index (χ1) is 11.9. The highest BCUT2D eigenvalue weighted by Gasteiger charge is 2.30. The zero-order valence-corrected chi connectivity index (χ0v) is 15.4. The zero-order valence-electron chi connectivity index (χ0n) is 15.4. The molecular weight excluding hydrogens is 314 g/mol. The maximum absolute atomic E-state index is 12.4. The molecule has 0 saturated carbocycles. The van der Waals surface area contributed by atoms with Crippen molar-refractivity contribution in [2.75, 3.05) is 5.32 Å². The van der Waals surface area contributed by atoms with E-state index in [0.717, 1.165) is 25.7 Å². The minimum absolute atomic E-state index is 0.195. The maximum Gasteiger partial charge on any atom is 0.258 e. The highest BCUT2D eigenvalue weighted by Crippen LogP contribution is 2.19. The molecule has 25 heavy (non-hydrogen) atoms. The number of anilines is 1. The van der Waals surface area contributed by atoms with Crippen LogP contribution >= 0.6 is 0 Å². The van der Waals surface area contributed by atoms with Gasteiger partial charge in [-0.05, 0) is 45.6 Å². The quantitative estimate of drug-likeness (QED) is 0.677. The third-order valence-electron chi connectivity index (χ3n) is 4.41. The Morgan fingerprint density at radius 1 is 1.24 bits per heavy atom. The summed E-state index contributed by atoms with van der Waals surface area (Å²) in [6, 6.07) is 10.6. The van der Waals surface area contributed by atoms with Crippen LogP contribution in [-0.2, 0) is 11.2 Å². The average molecular weight is 343 g/mol. The Hall–Kier alpha value is -2.14. The molecule has 1 atom stereocenters. The highest BCUT2D eigenvalue weighted by molar-refractivity contribution is 5.95. The van der Waals surface area contributed by atoms with Gasteiger partial charge >= 0.3 is 0 Å². The lowest BCUT2D eigenvalue weighted by Crippen LogP contribution is -2.40. The monoisotopic (exact) mass is 343 g/mol. The van der Waals surface area contributed by atoms with Crippen molar-refractivity contribution in [2.45, 2.75) is 64.5 Å². The van der Waals surface area contributed by atoms with E-state index in [9.17, 15) is 9.90 Å². The second-order valence-electron chi connectivity index (χ2n) is 7.03. The van der Waals surface area contributed by atoms with Gasteiger partial charge in [0, 0.05) is 18.4 Å². The number of aromatic nitrogens is 2. The molecule has 1 heterocycles. The van der Waals surface area contributed by atoms with Crippen molar-refractivity contribution >= 4 is 11.9 Å². The number of nitrogens with zero attached hydrogens (tertiary/aromatic N) is 2. The molecule has 2 rings (SSSR count). The number of hydrogen-bond donors (Lipinski definition) is 2. The van der Waals surface area contributed by atoms with Gasteiger partial charge in [-0.2, -0.15) is 0 Å². The van der Waals surface area contributed by atoms with Crippen LogP contribution in [0.15, 0.2) is 42.7 Å². The fourth-order valence-corrected chi connectivity index (χ4v) is 2.80. The lowest BCUT2D eigenvalue weighted by Gasteiger charge is -2.22. The molecule has 0 fully saturated rings. The van der Waals surface area contributed by atoms with Crippen LogP contribution < -0.4 is 5.32 Å². The molecular formula is C20H29N3O2. The van der Waals surface area contributed by atoms with Gasteiger partial charge < -0.3 is 9.67 Å². The van der Waals surface area contributed by atoms with Gasteiger partial charge in [0.2, 0.25) is 5.95 Å². The van der Waals surface area contributed by atoms with E-state index < -0.39 is 11.5 Å². The predicted molar refractivity (Wildman–Crippen MR) is 100 cm³/mol. The molecule has 1 amide bonds. The molecule has 0 bridgehead atoms. The van der Waals surface area contributed by atoms with Crippen molar-refractivity contribution in [2.24, 2.45) is 0 Å². The summed E-state index contributed by atoms with van der Waals surface area (Å²) in [5, 5.41) is 13.2. The lowest BCUT2D eigenvalue weighted by molar-refractivity contribution is -0.133. The number of benzene rings is 1. The summed E-state index contributed by atoms with van der Waals surface area (Å²) in [4.78, 5) is 16.5. The van der Waals surface area contributed by atoms with Crippen molar-refractivity contribution < 1.29 is 9.90 Å². The van der Waals surface area contributed by atoms with Crippen LogP contribution in [0, 0.1) is 0 Å². The smallest absolute Gasteiger partial charge is 0.258 e. The maximum atomic E-state index is 12.4. The van der Waals surface area contributed by atoms with Crippen molar-refractivity contribution in [1.29, 1.82) is 0 Å². The summed E-state index contributed by atoms with van der Waals surface area (Å²) >= 11 is 0. The molecule has 0 radical (unpaired) electrons. The Kier molecular flexibility index (Phi) is 6.76. The molecule has 0 aliphatic rings. The SMILES string of the molecule is CC(C)n1ccnc1NC(=O)C(C)(O)CCCCCc1ccccc1. The van der Waals surface area contributed by atoms with Crippen molar-refractivity contribution in [3.05, 3.63) is 48.3 Å². The van der Waals surface area contributed by atoms with Crippen LogP contribution in [0.1, 0.15) is 58.1 Å². The van der Waals surface area contributed by atoms with Gasteiger partial charge in [0.25, 0.3) is 5.91 Å². The summed E-state index contributed by atoms with van der Waals surface area (Å²) in [6.45, 7) is 5.60. The molecule has 0 aliphatic carbocycles. The third kappa shape index (κ3) is 5.71. The molecule has 0 spiro atoms. The zero-order chi connectivity index (χ0) is 18.3. The van der Waals surface area contributed by atoms with Crippen molar-refractivity contribution in [1.82, 2.24) is 9.55 Å². The minimum atomic E-state index is -1.39. The molecule has 5 heteroatoms. The Morgan fingerprint density at radius 3 is 2.64 bits per heavy atom. The van der Waals surface area contributed by atoms with Crippen LogP contribution in [0.25, 0.3) is 0 Å². The number of carbonyl (C=O) groups excluding carboxylic acids is 1. The Bertz CT molecular complexity index is 663. The van der Waals surface area contributed by atoms with Crippen molar-refractivity contribution in [3.63, 3.8) is 0 Å². The standard InChI is InChI=1S/C20H29N3O2/c1-16(2)23-15-14-21-19(23)22-18(24)20(3,25)13-9-5-8-12-17-10-6-4-7-11-17/h4,6-7,10-11,14-16,25H,5,8-9,12-13H2,1-3H3,(H,21,22,24). The molecule has 2 aromatic rings. The van der Waals surface area contributed by atoms with Gasteiger partial charge in [0.05, 0.1) is 0 Å². The first-order valence-corrected chi connectivity index (χ1v) is 9.01. The number of aryl methyl sites for hydroxylation is 1. The first-order valence-electron chi connectivity index (χ1n) is 9.01. The number of amides is 1. The van der Waals surface area contributed by atoms with Gasteiger partial charge in [-0.25, -0.2) is 4.98 Å².